The Morgan fingerprint density at radius 3 is 1.44 bits per heavy atom. The molecule has 22 heteroatoms. The summed E-state index contributed by atoms with van der Waals surface area (Å²) in [7, 11) is 0. The molecule has 0 aliphatic heterocycles. The number of benzene rings is 2. The second kappa shape index (κ2) is 16.4. The van der Waals surface area contributed by atoms with Crippen LogP contribution < -0.4 is 9.47 Å². The van der Waals surface area contributed by atoms with Crippen LogP contribution in [0.1, 0.15) is 73.1 Å². The summed E-state index contributed by atoms with van der Waals surface area (Å²) in [6, 6.07) is 8.36. The van der Waals surface area contributed by atoms with Gasteiger partial charge in [-0.1, -0.05) is 26.2 Å². The molecular weight excluding hydrogens is 787 g/mol. The van der Waals surface area contributed by atoms with Crippen molar-refractivity contribution in [1.82, 2.24) is 0 Å². The topological polar surface area (TPSA) is 61.8 Å². The molecular formula is C32H29F17O5. The van der Waals surface area contributed by atoms with Crippen molar-refractivity contribution < 1.29 is 98.4 Å². The molecule has 0 spiro atoms. The maximum atomic E-state index is 14.1. The number of unbranched alkanes of at least 4 members (excludes halogenated alkanes) is 3. The highest BCUT2D eigenvalue weighted by molar-refractivity contribution is 5.92. The minimum absolute atomic E-state index is 0.0782. The van der Waals surface area contributed by atoms with Crippen molar-refractivity contribution in [1.29, 1.82) is 0 Å². The van der Waals surface area contributed by atoms with E-state index in [9.17, 15) is 84.2 Å². The highest BCUT2D eigenvalue weighted by Gasteiger charge is 2.95. The summed E-state index contributed by atoms with van der Waals surface area (Å²) in [5.41, 5.74) is -0.155. The lowest BCUT2D eigenvalue weighted by Crippen LogP contribution is -2.74. The Labute approximate surface area is 294 Å². The number of ether oxygens (including phenoxy) is 3. The number of carbonyl (C=O) groups excluding carboxylic acids is 2. The van der Waals surface area contributed by atoms with Gasteiger partial charge in [0.2, 0.25) is 0 Å². The van der Waals surface area contributed by atoms with E-state index in [0.29, 0.717) is 6.42 Å². The van der Waals surface area contributed by atoms with Crippen molar-refractivity contribution in [3.63, 3.8) is 0 Å². The fourth-order valence-electron chi connectivity index (χ4n) is 4.33. The number of hydrogen-bond donors (Lipinski definition) is 0. The second-order valence-electron chi connectivity index (χ2n) is 11.8. The molecule has 2 rings (SSSR count). The van der Waals surface area contributed by atoms with Crippen LogP contribution in [0.15, 0.2) is 48.5 Å². The molecule has 1 unspecified atom stereocenters. The molecule has 0 radical (unpaired) electrons. The fourth-order valence-corrected chi connectivity index (χ4v) is 4.33. The van der Waals surface area contributed by atoms with Crippen LogP contribution in [0.2, 0.25) is 0 Å². The van der Waals surface area contributed by atoms with Crippen LogP contribution in [0.3, 0.4) is 0 Å². The average Bonchev–Trinajstić information content (AvgIpc) is 3.06. The summed E-state index contributed by atoms with van der Waals surface area (Å²) in [6.45, 7) is 1.92. The average molecular weight is 817 g/mol. The van der Waals surface area contributed by atoms with Crippen LogP contribution in [0, 0.1) is 0 Å². The summed E-state index contributed by atoms with van der Waals surface area (Å²) >= 11 is 0. The van der Waals surface area contributed by atoms with Crippen LogP contribution in [0.4, 0.5) is 74.6 Å². The number of carbonyl (C=O) groups is 2. The van der Waals surface area contributed by atoms with Crippen molar-refractivity contribution in [3.05, 3.63) is 59.7 Å². The van der Waals surface area contributed by atoms with Gasteiger partial charge in [0, 0.05) is 0 Å². The van der Waals surface area contributed by atoms with E-state index >= 15 is 0 Å². The first kappa shape index (κ1) is 46.1. The third-order valence-corrected chi connectivity index (χ3v) is 7.63. The first-order valence-electron chi connectivity index (χ1n) is 15.4. The zero-order valence-electron chi connectivity index (χ0n) is 27.6. The summed E-state index contributed by atoms with van der Waals surface area (Å²) < 4.78 is 243. The number of hydrogen-bond acceptors (Lipinski definition) is 5. The van der Waals surface area contributed by atoms with E-state index in [-0.39, 0.29) is 23.0 Å². The van der Waals surface area contributed by atoms with Crippen LogP contribution in [0.25, 0.3) is 0 Å². The van der Waals surface area contributed by atoms with Gasteiger partial charge in [-0.25, -0.2) is 9.59 Å². The maximum absolute atomic E-state index is 14.1. The van der Waals surface area contributed by atoms with Crippen molar-refractivity contribution >= 4 is 11.9 Å². The van der Waals surface area contributed by atoms with Crippen molar-refractivity contribution in [2.24, 2.45) is 0 Å². The molecule has 0 aliphatic carbocycles. The minimum Gasteiger partial charge on any atom is -0.493 e. The largest absolute Gasteiger partial charge is 0.493 e. The zero-order valence-corrected chi connectivity index (χ0v) is 27.6. The van der Waals surface area contributed by atoms with Crippen molar-refractivity contribution in [2.45, 2.75) is 106 Å². The molecule has 0 saturated carbocycles. The van der Waals surface area contributed by atoms with E-state index in [2.05, 4.69) is 4.74 Å². The van der Waals surface area contributed by atoms with Gasteiger partial charge in [-0.3, -0.25) is 0 Å². The third-order valence-electron chi connectivity index (χ3n) is 7.63. The molecule has 0 N–H and O–H groups in total. The molecule has 2 aromatic carbocycles. The van der Waals surface area contributed by atoms with Gasteiger partial charge < -0.3 is 14.2 Å². The first-order valence-corrected chi connectivity index (χ1v) is 15.4. The van der Waals surface area contributed by atoms with Crippen LogP contribution >= 0.6 is 0 Å². The lowest BCUT2D eigenvalue weighted by molar-refractivity contribution is -0.461. The first-order chi connectivity index (χ1) is 24.4. The van der Waals surface area contributed by atoms with Gasteiger partial charge in [0.15, 0.2) is 0 Å². The smallest absolute Gasteiger partial charge is 0.460 e. The molecule has 0 amide bonds. The van der Waals surface area contributed by atoms with Crippen molar-refractivity contribution in [2.75, 3.05) is 6.61 Å². The van der Waals surface area contributed by atoms with E-state index in [0.717, 1.165) is 49.9 Å². The van der Waals surface area contributed by atoms with E-state index < -0.39 is 78.3 Å². The normalized spacial score (nSPS) is 14.4. The maximum Gasteiger partial charge on any atom is 0.460 e. The van der Waals surface area contributed by atoms with Gasteiger partial charge >= 0.3 is 59.6 Å². The number of alkyl halides is 17. The Kier molecular flexibility index (Phi) is 14.0. The van der Waals surface area contributed by atoms with E-state index in [1.54, 1.807) is 6.92 Å². The Balaban J connectivity index is 2.06. The van der Waals surface area contributed by atoms with E-state index in [4.69, 9.17) is 9.47 Å². The SMILES string of the molecule is CCCCCCC(C)OC(=O)c1ccc(OC(=O)c2ccc(OCCC(F)(F)C(F)(F)C(F)(F)C(F)(F)C(F)(F)C(F)(F)C(F)(F)C(F)(F)F)cc2)cc1. The van der Waals surface area contributed by atoms with E-state index in [1.165, 1.54) is 24.3 Å². The van der Waals surface area contributed by atoms with Gasteiger partial charge in [-0.05, 0) is 68.3 Å². The highest BCUT2D eigenvalue weighted by atomic mass is 19.4. The molecule has 0 saturated heterocycles. The molecule has 5 nitrogen and oxygen atoms in total. The lowest BCUT2D eigenvalue weighted by atomic mass is 9.88. The Morgan fingerprint density at radius 1 is 0.556 bits per heavy atom. The lowest BCUT2D eigenvalue weighted by Gasteiger charge is -2.42. The van der Waals surface area contributed by atoms with E-state index in [1.807, 2.05) is 6.92 Å². The molecule has 2 aromatic rings. The fraction of sp³-hybridized carbons (Fsp3) is 0.562. The third kappa shape index (κ3) is 9.09. The standard InChI is InChI=1S/C32H29F17O5/c1-3-4-5-6-7-18(2)53-23(50)19-10-14-22(15-11-19)54-24(51)20-8-12-21(13-9-20)52-17-16-25(33,34)26(35,36)27(37,38)28(39,40)29(41,42)30(43,44)31(45,46)32(47,48)49/h8-15,18H,3-7,16-17H2,1-2H3. The zero-order chi connectivity index (χ0) is 41.8. The van der Waals surface area contributed by atoms with Gasteiger partial charge in [-0.15, -0.1) is 0 Å². The van der Waals surface area contributed by atoms with Gasteiger partial charge in [-0.2, -0.15) is 74.6 Å². The molecule has 0 aliphatic rings. The molecule has 0 heterocycles. The van der Waals surface area contributed by atoms with Crippen LogP contribution in [0.5, 0.6) is 11.5 Å². The predicted octanol–water partition coefficient (Wildman–Crippen LogP) is 11.2. The molecule has 0 bridgehead atoms. The van der Waals surface area contributed by atoms with Crippen LogP contribution in [-0.2, 0) is 4.74 Å². The van der Waals surface area contributed by atoms with Gasteiger partial charge in [0.05, 0.1) is 30.3 Å². The van der Waals surface area contributed by atoms with Crippen molar-refractivity contribution in [3.8, 4) is 11.5 Å². The Morgan fingerprint density at radius 2 is 0.981 bits per heavy atom. The van der Waals surface area contributed by atoms with Crippen LogP contribution in [-0.4, -0.2) is 72.3 Å². The highest BCUT2D eigenvalue weighted by Crippen LogP contribution is 2.64. The summed E-state index contributed by atoms with van der Waals surface area (Å²) in [5, 5.41) is 0. The predicted molar refractivity (Wildman–Crippen MR) is 152 cm³/mol. The summed E-state index contributed by atoms with van der Waals surface area (Å²) in [6.07, 6.45) is -6.41. The molecule has 0 fully saturated rings. The van der Waals surface area contributed by atoms with Gasteiger partial charge in [0.25, 0.3) is 0 Å². The summed E-state index contributed by atoms with van der Waals surface area (Å²) in [5.74, 6) is -59.4. The monoisotopic (exact) mass is 816 g/mol. The number of esters is 2. The number of rotatable bonds is 19. The molecule has 306 valence electrons. The Bertz CT molecular complexity index is 1560. The molecule has 1 atom stereocenters. The second-order valence-corrected chi connectivity index (χ2v) is 11.8. The number of halogens is 17. The summed E-state index contributed by atoms with van der Waals surface area (Å²) in [4.78, 5) is 24.8. The molecule has 0 aromatic heterocycles. The molecule has 54 heavy (non-hydrogen) atoms. The van der Waals surface area contributed by atoms with Gasteiger partial charge in [0.1, 0.15) is 11.5 Å². The minimum atomic E-state index is -8.70. The Hall–Kier alpha value is -4.01. The quantitative estimate of drug-likeness (QED) is 0.0612.